The number of aromatic nitrogens is 2. The predicted molar refractivity (Wildman–Crippen MR) is 99.0 cm³/mol. The van der Waals surface area contributed by atoms with Crippen LogP contribution in [-0.2, 0) is 17.8 Å². The topological polar surface area (TPSA) is 48.8 Å². The number of aryl methyl sites for hydroxylation is 1. The Morgan fingerprint density at radius 2 is 2.19 bits per heavy atom. The first-order valence-electron chi connectivity index (χ1n) is 9.11. The number of hydrogen-bond acceptors (Lipinski definition) is 5. The maximum Gasteiger partial charge on any atom is 0.231 e. The number of hydrogen-bond donors (Lipinski definition) is 0. The van der Waals surface area contributed by atoms with E-state index in [1.165, 1.54) is 11.1 Å². The summed E-state index contributed by atoms with van der Waals surface area (Å²) in [6.07, 6.45) is 6.35. The molecule has 138 valence electrons. The van der Waals surface area contributed by atoms with Crippen molar-refractivity contribution < 1.29 is 14.2 Å². The van der Waals surface area contributed by atoms with Gasteiger partial charge in [0, 0.05) is 44.2 Å². The third-order valence-corrected chi connectivity index (χ3v) is 4.93. The van der Waals surface area contributed by atoms with E-state index in [0.29, 0.717) is 12.9 Å². The molecule has 1 atom stereocenters. The van der Waals surface area contributed by atoms with Crippen LogP contribution in [0.25, 0.3) is 6.20 Å². The van der Waals surface area contributed by atoms with Crippen LogP contribution in [0, 0.1) is 6.92 Å². The molecule has 1 aromatic carbocycles. The molecule has 1 aromatic heterocycles. The quantitative estimate of drug-likeness (QED) is 0.763. The molecule has 2 aliphatic heterocycles. The summed E-state index contributed by atoms with van der Waals surface area (Å²) < 4.78 is 18.6. The normalized spacial score (nSPS) is 18.6. The van der Waals surface area contributed by atoms with Gasteiger partial charge in [-0.05, 0) is 37.5 Å². The highest BCUT2D eigenvalue weighted by molar-refractivity contribution is 5.44. The highest BCUT2D eigenvalue weighted by Gasteiger charge is 2.21. The number of rotatable bonds is 7. The number of benzene rings is 1. The Labute approximate surface area is 154 Å². The molecule has 0 N–H and O–H groups in total. The second-order valence-electron chi connectivity index (χ2n) is 6.89. The monoisotopic (exact) mass is 355 g/mol. The zero-order valence-corrected chi connectivity index (χ0v) is 15.2. The van der Waals surface area contributed by atoms with Crippen LogP contribution in [0.15, 0.2) is 31.0 Å². The van der Waals surface area contributed by atoms with E-state index in [1.807, 2.05) is 19.2 Å². The molecule has 1 fully saturated rings. The molecule has 0 radical (unpaired) electrons. The Morgan fingerprint density at radius 3 is 2.96 bits per heavy atom. The van der Waals surface area contributed by atoms with Gasteiger partial charge in [-0.2, -0.15) is 5.10 Å². The van der Waals surface area contributed by atoms with E-state index in [2.05, 4.69) is 28.7 Å². The fourth-order valence-corrected chi connectivity index (χ4v) is 3.57. The largest absolute Gasteiger partial charge is 0.454 e. The van der Waals surface area contributed by atoms with Crippen LogP contribution in [0.3, 0.4) is 0 Å². The van der Waals surface area contributed by atoms with Crippen LogP contribution in [0.4, 0.5) is 0 Å². The molecule has 0 saturated carbocycles. The summed E-state index contributed by atoms with van der Waals surface area (Å²) >= 11 is 0. The second kappa shape index (κ2) is 7.51. The molecule has 6 nitrogen and oxygen atoms in total. The predicted octanol–water partition coefficient (Wildman–Crippen LogP) is 3.20. The molecule has 6 heteroatoms. The maximum absolute atomic E-state index is 5.87. The Hall–Kier alpha value is -2.31. The minimum absolute atomic E-state index is 0.304. The molecule has 2 aromatic rings. The molecule has 1 saturated heterocycles. The van der Waals surface area contributed by atoms with Crippen LogP contribution < -0.4 is 9.47 Å². The molecule has 3 heterocycles. The van der Waals surface area contributed by atoms with Gasteiger partial charge in [0.1, 0.15) is 0 Å². The van der Waals surface area contributed by atoms with E-state index >= 15 is 0 Å². The molecule has 0 amide bonds. The standard InChI is InChI=1S/C20H25N3O3/c1-3-23-12-17(15(2)21-23)11-22(13-18-5-4-8-24-18)10-16-6-7-19-20(9-16)26-14-25-19/h3,6-7,9,12,18H,1,4-5,8,10-11,13-14H2,2H3/t18-/m1/s1. The van der Waals surface area contributed by atoms with E-state index < -0.39 is 0 Å². The Balaban J connectivity index is 1.51. The van der Waals surface area contributed by atoms with Gasteiger partial charge in [0.2, 0.25) is 6.79 Å². The van der Waals surface area contributed by atoms with Gasteiger partial charge < -0.3 is 14.2 Å². The van der Waals surface area contributed by atoms with E-state index in [-0.39, 0.29) is 0 Å². The first-order chi connectivity index (χ1) is 12.7. The zero-order chi connectivity index (χ0) is 17.9. The van der Waals surface area contributed by atoms with Gasteiger partial charge in [-0.1, -0.05) is 12.6 Å². The van der Waals surface area contributed by atoms with Crippen molar-refractivity contribution in [2.45, 2.75) is 39.0 Å². The van der Waals surface area contributed by atoms with Gasteiger partial charge in [-0.15, -0.1) is 0 Å². The summed E-state index contributed by atoms with van der Waals surface area (Å²) in [7, 11) is 0. The van der Waals surface area contributed by atoms with Crippen molar-refractivity contribution >= 4 is 6.20 Å². The lowest BCUT2D eigenvalue weighted by Crippen LogP contribution is -2.31. The Kier molecular flexibility index (Phi) is 4.95. The second-order valence-corrected chi connectivity index (χ2v) is 6.89. The van der Waals surface area contributed by atoms with Crippen LogP contribution in [0.5, 0.6) is 11.5 Å². The summed E-state index contributed by atoms with van der Waals surface area (Å²) in [5, 5.41) is 4.47. The van der Waals surface area contributed by atoms with Crippen molar-refractivity contribution in [2.75, 3.05) is 19.9 Å². The lowest BCUT2D eigenvalue weighted by atomic mass is 10.1. The van der Waals surface area contributed by atoms with Gasteiger partial charge >= 0.3 is 0 Å². The average Bonchev–Trinajstić information content (AvgIpc) is 3.36. The summed E-state index contributed by atoms with van der Waals surface area (Å²) in [6.45, 7) is 9.57. The average molecular weight is 355 g/mol. The molecule has 0 unspecified atom stereocenters. The minimum Gasteiger partial charge on any atom is -0.454 e. The third kappa shape index (κ3) is 3.76. The van der Waals surface area contributed by atoms with Crippen LogP contribution in [0.1, 0.15) is 29.7 Å². The summed E-state index contributed by atoms with van der Waals surface area (Å²) in [6, 6.07) is 6.17. The Bertz CT molecular complexity index is 781. The molecular weight excluding hydrogens is 330 g/mol. The van der Waals surface area contributed by atoms with Crippen LogP contribution in [0.2, 0.25) is 0 Å². The summed E-state index contributed by atoms with van der Waals surface area (Å²) in [5.41, 5.74) is 3.46. The number of ether oxygens (including phenoxy) is 3. The minimum atomic E-state index is 0.304. The van der Waals surface area contributed by atoms with Crippen molar-refractivity contribution in [1.82, 2.24) is 14.7 Å². The van der Waals surface area contributed by atoms with E-state index in [1.54, 1.807) is 10.9 Å². The summed E-state index contributed by atoms with van der Waals surface area (Å²) in [5.74, 6) is 1.65. The summed E-state index contributed by atoms with van der Waals surface area (Å²) in [4.78, 5) is 2.42. The highest BCUT2D eigenvalue weighted by Crippen LogP contribution is 2.33. The fraction of sp³-hybridized carbons (Fsp3) is 0.450. The van der Waals surface area contributed by atoms with Gasteiger partial charge in [0.15, 0.2) is 11.5 Å². The lowest BCUT2D eigenvalue weighted by Gasteiger charge is -2.25. The van der Waals surface area contributed by atoms with E-state index in [9.17, 15) is 0 Å². The number of nitrogens with zero attached hydrogens (tertiary/aromatic N) is 3. The van der Waals surface area contributed by atoms with Crippen molar-refractivity contribution in [3.05, 3.63) is 47.8 Å². The van der Waals surface area contributed by atoms with Gasteiger partial charge in [0.25, 0.3) is 0 Å². The van der Waals surface area contributed by atoms with Crippen molar-refractivity contribution in [3.63, 3.8) is 0 Å². The highest BCUT2D eigenvalue weighted by atomic mass is 16.7. The third-order valence-electron chi connectivity index (χ3n) is 4.93. The van der Waals surface area contributed by atoms with Gasteiger partial charge in [-0.25, -0.2) is 4.68 Å². The Morgan fingerprint density at radius 1 is 1.31 bits per heavy atom. The molecule has 4 rings (SSSR count). The van der Waals surface area contributed by atoms with Crippen LogP contribution >= 0.6 is 0 Å². The van der Waals surface area contributed by atoms with Crippen molar-refractivity contribution in [1.29, 1.82) is 0 Å². The van der Waals surface area contributed by atoms with Crippen molar-refractivity contribution in [2.24, 2.45) is 0 Å². The first kappa shape index (κ1) is 17.1. The van der Waals surface area contributed by atoms with Gasteiger partial charge in [-0.3, -0.25) is 4.90 Å². The molecule has 0 bridgehead atoms. The molecule has 0 aliphatic carbocycles. The molecule has 0 spiro atoms. The smallest absolute Gasteiger partial charge is 0.231 e. The van der Waals surface area contributed by atoms with Crippen molar-refractivity contribution in [3.8, 4) is 11.5 Å². The number of fused-ring (bicyclic) bond motifs is 1. The zero-order valence-electron chi connectivity index (χ0n) is 15.2. The van der Waals surface area contributed by atoms with Crippen LogP contribution in [-0.4, -0.2) is 40.7 Å². The lowest BCUT2D eigenvalue weighted by molar-refractivity contribution is 0.0678. The first-order valence-corrected chi connectivity index (χ1v) is 9.11. The maximum atomic E-state index is 5.87. The van der Waals surface area contributed by atoms with Gasteiger partial charge in [0.05, 0.1) is 11.8 Å². The SMILES string of the molecule is C=Cn1cc(CN(Cc2ccc3c(c2)OCO3)C[C@H]2CCCO2)c(C)n1. The van der Waals surface area contributed by atoms with E-state index in [0.717, 1.165) is 56.3 Å². The fourth-order valence-electron chi connectivity index (χ4n) is 3.57. The molecular formula is C20H25N3O3. The molecule has 2 aliphatic rings. The van der Waals surface area contributed by atoms with E-state index in [4.69, 9.17) is 14.2 Å². The molecule has 26 heavy (non-hydrogen) atoms.